The largest absolute Gasteiger partial charge is 0.496 e. The van der Waals surface area contributed by atoms with Gasteiger partial charge in [-0.15, -0.1) is 11.3 Å². The highest BCUT2D eigenvalue weighted by atomic mass is 35.5. The maximum atomic E-state index is 12.6. The van der Waals surface area contributed by atoms with Crippen LogP contribution >= 0.6 is 22.9 Å². The molecule has 3 aromatic rings. The number of methoxy groups -OCH3 is 1. The molecule has 0 fully saturated rings. The summed E-state index contributed by atoms with van der Waals surface area (Å²) in [6, 6.07) is 16.4. The molecule has 0 atom stereocenters. The van der Waals surface area contributed by atoms with Gasteiger partial charge in [0, 0.05) is 21.0 Å². The van der Waals surface area contributed by atoms with Crippen molar-refractivity contribution >= 4 is 40.1 Å². The number of ether oxygens (including phenoxy) is 1. The Morgan fingerprint density at radius 1 is 1.25 bits per heavy atom. The lowest BCUT2D eigenvalue weighted by atomic mass is 10.1. The Labute approximate surface area is 171 Å². The zero-order valence-corrected chi connectivity index (χ0v) is 16.8. The monoisotopic (exact) mass is 409 g/mol. The van der Waals surface area contributed by atoms with Gasteiger partial charge in [-0.05, 0) is 31.2 Å². The number of benzene rings is 2. The first-order valence-electron chi connectivity index (χ1n) is 8.31. The van der Waals surface area contributed by atoms with Crippen molar-refractivity contribution in [3.8, 4) is 23.1 Å². The number of nitriles is 1. The average Bonchev–Trinajstić information content (AvgIpc) is 3.06. The van der Waals surface area contributed by atoms with E-state index in [0.717, 1.165) is 16.1 Å². The van der Waals surface area contributed by atoms with E-state index in [1.54, 1.807) is 24.3 Å². The minimum Gasteiger partial charge on any atom is -0.496 e. The molecule has 1 heterocycles. The molecule has 0 spiro atoms. The van der Waals surface area contributed by atoms with E-state index in [2.05, 4.69) is 10.3 Å². The third-order valence-corrected chi connectivity index (χ3v) is 5.08. The van der Waals surface area contributed by atoms with Crippen molar-refractivity contribution < 1.29 is 9.53 Å². The van der Waals surface area contributed by atoms with Crippen LogP contribution in [0, 0.1) is 18.3 Å². The predicted octanol–water partition coefficient (Wildman–Crippen LogP) is 5.33. The number of para-hydroxylation sites is 1. The van der Waals surface area contributed by atoms with Crippen molar-refractivity contribution in [3.63, 3.8) is 0 Å². The van der Waals surface area contributed by atoms with Crippen molar-refractivity contribution in [2.45, 2.75) is 6.92 Å². The lowest BCUT2D eigenvalue weighted by Crippen LogP contribution is -2.13. The number of anilines is 1. The summed E-state index contributed by atoms with van der Waals surface area (Å²) in [7, 11) is 1.54. The molecular weight excluding hydrogens is 394 g/mol. The van der Waals surface area contributed by atoms with Crippen LogP contribution in [0.1, 0.15) is 10.4 Å². The topological polar surface area (TPSA) is 75.0 Å². The third kappa shape index (κ3) is 4.39. The number of thiazole rings is 1. The van der Waals surface area contributed by atoms with Gasteiger partial charge in [0.15, 0.2) is 5.13 Å². The maximum absolute atomic E-state index is 12.6. The molecule has 0 aliphatic carbocycles. The van der Waals surface area contributed by atoms with Crippen LogP contribution in [0.5, 0.6) is 5.75 Å². The van der Waals surface area contributed by atoms with Crippen molar-refractivity contribution in [2.75, 3.05) is 12.4 Å². The van der Waals surface area contributed by atoms with Crippen molar-refractivity contribution in [1.82, 2.24) is 4.98 Å². The van der Waals surface area contributed by atoms with E-state index in [-0.39, 0.29) is 5.57 Å². The van der Waals surface area contributed by atoms with Crippen LogP contribution in [0.3, 0.4) is 0 Å². The molecule has 0 saturated heterocycles. The Kier molecular flexibility index (Phi) is 6.09. The van der Waals surface area contributed by atoms with E-state index in [4.69, 9.17) is 16.3 Å². The molecule has 2 aromatic carbocycles. The van der Waals surface area contributed by atoms with Crippen molar-refractivity contribution in [3.05, 3.63) is 69.6 Å². The highest BCUT2D eigenvalue weighted by Crippen LogP contribution is 2.31. The van der Waals surface area contributed by atoms with E-state index < -0.39 is 5.91 Å². The summed E-state index contributed by atoms with van der Waals surface area (Å²) >= 11 is 7.28. The van der Waals surface area contributed by atoms with E-state index >= 15 is 0 Å². The van der Waals surface area contributed by atoms with Gasteiger partial charge in [-0.25, -0.2) is 4.98 Å². The standard InChI is InChI=1S/C21H16ClN3O2S/c1-13-19(14-7-9-17(22)10-8-14)24-21(28-13)25-20(26)16(12-23)11-15-5-3-4-6-18(15)27-2/h3-11H,1-2H3,(H,24,25,26)/b16-11+. The van der Waals surface area contributed by atoms with Crippen molar-refractivity contribution in [2.24, 2.45) is 0 Å². The van der Waals surface area contributed by atoms with E-state index in [1.165, 1.54) is 24.5 Å². The zero-order valence-electron chi connectivity index (χ0n) is 15.2. The molecule has 1 aromatic heterocycles. The average molecular weight is 410 g/mol. The highest BCUT2D eigenvalue weighted by Gasteiger charge is 2.15. The molecule has 3 rings (SSSR count). The molecule has 1 N–H and O–H groups in total. The highest BCUT2D eigenvalue weighted by molar-refractivity contribution is 7.16. The van der Waals surface area contributed by atoms with Crippen LogP contribution in [0.25, 0.3) is 17.3 Å². The number of amides is 1. The van der Waals surface area contributed by atoms with E-state index in [0.29, 0.717) is 21.5 Å². The Hall–Kier alpha value is -3.14. The summed E-state index contributed by atoms with van der Waals surface area (Å²) in [4.78, 5) is 18.0. The van der Waals surface area contributed by atoms with Crippen LogP contribution in [-0.4, -0.2) is 18.0 Å². The molecule has 0 aliphatic rings. The molecule has 28 heavy (non-hydrogen) atoms. The molecule has 140 valence electrons. The third-order valence-electron chi connectivity index (χ3n) is 3.94. The molecule has 5 nitrogen and oxygen atoms in total. The Morgan fingerprint density at radius 2 is 1.96 bits per heavy atom. The van der Waals surface area contributed by atoms with Gasteiger partial charge in [0.05, 0.1) is 12.8 Å². The van der Waals surface area contributed by atoms with Gasteiger partial charge in [-0.1, -0.05) is 41.9 Å². The smallest absolute Gasteiger partial charge is 0.268 e. The molecule has 0 unspecified atom stereocenters. The summed E-state index contributed by atoms with van der Waals surface area (Å²) < 4.78 is 5.26. The molecular formula is C21H16ClN3O2S. The summed E-state index contributed by atoms with van der Waals surface area (Å²) in [6.07, 6.45) is 1.49. The number of hydrogen-bond acceptors (Lipinski definition) is 5. The van der Waals surface area contributed by atoms with Crippen LogP contribution in [-0.2, 0) is 4.79 Å². The lowest BCUT2D eigenvalue weighted by molar-refractivity contribution is -0.112. The SMILES string of the molecule is COc1ccccc1/C=C(\C#N)C(=O)Nc1nc(-c2ccc(Cl)cc2)c(C)s1. The maximum Gasteiger partial charge on any atom is 0.268 e. The number of aryl methyl sites for hydroxylation is 1. The first-order chi connectivity index (χ1) is 13.5. The first-order valence-corrected chi connectivity index (χ1v) is 9.51. The fourth-order valence-corrected chi connectivity index (χ4v) is 3.54. The van der Waals surface area contributed by atoms with Gasteiger partial charge in [0.1, 0.15) is 17.4 Å². The molecule has 0 radical (unpaired) electrons. The summed E-state index contributed by atoms with van der Waals surface area (Å²) in [5, 5.41) is 13.2. The Bertz CT molecular complexity index is 1080. The Balaban J connectivity index is 1.84. The van der Waals surface area contributed by atoms with Crippen LogP contribution < -0.4 is 10.1 Å². The van der Waals surface area contributed by atoms with Crippen LogP contribution in [0.15, 0.2) is 54.1 Å². The van der Waals surface area contributed by atoms with Gasteiger partial charge >= 0.3 is 0 Å². The van der Waals surface area contributed by atoms with Crippen LogP contribution in [0.2, 0.25) is 5.02 Å². The first kappa shape index (κ1) is 19.6. The number of carbonyl (C=O) groups is 1. The van der Waals surface area contributed by atoms with Gasteiger partial charge in [0.25, 0.3) is 5.91 Å². The molecule has 7 heteroatoms. The number of rotatable bonds is 5. The van der Waals surface area contributed by atoms with Gasteiger partial charge in [-0.2, -0.15) is 5.26 Å². The normalized spacial score (nSPS) is 11.0. The van der Waals surface area contributed by atoms with Crippen LogP contribution in [0.4, 0.5) is 5.13 Å². The van der Waals surface area contributed by atoms with Gasteiger partial charge in [-0.3, -0.25) is 10.1 Å². The number of nitrogens with one attached hydrogen (secondary N) is 1. The second kappa shape index (κ2) is 8.70. The summed E-state index contributed by atoms with van der Waals surface area (Å²) in [5.41, 5.74) is 2.28. The minimum absolute atomic E-state index is 0.0367. The fraction of sp³-hybridized carbons (Fsp3) is 0.0952. The minimum atomic E-state index is -0.523. The number of aromatic nitrogens is 1. The second-order valence-electron chi connectivity index (χ2n) is 5.80. The summed E-state index contributed by atoms with van der Waals surface area (Å²) in [5.74, 6) is 0.0583. The summed E-state index contributed by atoms with van der Waals surface area (Å²) in [6.45, 7) is 1.92. The fourth-order valence-electron chi connectivity index (χ4n) is 2.58. The number of carbonyl (C=O) groups excluding carboxylic acids is 1. The predicted molar refractivity (Wildman–Crippen MR) is 113 cm³/mol. The number of halogens is 1. The second-order valence-corrected chi connectivity index (χ2v) is 7.44. The number of nitrogens with zero attached hydrogens (tertiary/aromatic N) is 2. The van der Waals surface area contributed by atoms with Crippen molar-refractivity contribution in [1.29, 1.82) is 5.26 Å². The van der Waals surface area contributed by atoms with Gasteiger partial charge in [0.2, 0.25) is 0 Å². The number of hydrogen-bond donors (Lipinski definition) is 1. The molecule has 0 bridgehead atoms. The molecule has 0 aliphatic heterocycles. The molecule has 1 amide bonds. The lowest BCUT2D eigenvalue weighted by Gasteiger charge is -2.05. The van der Waals surface area contributed by atoms with Gasteiger partial charge < -0.3 is 4.74 Å². The Morgan fingerprint density at radius 3 is 2.64 bits per heavy atom. The zero-order chi connectivity index (χ0) is 20.1. The molecule has 0 saturated carbocycles. The van der Waals surface area contributed by atoms with E-state index in [9.17, 15) is 10.1 Å². The van der Waals surface area contributed by atoms with E-state index in [1.807, 2.05) is 37.3 Å². The quantitative estimate of drug-likeness (QED) is 0.456.